The van der Waals surface area contributed by atoms with E-state index >= 15 is 0 Å². The fraction of sp³-hybridized carbons (Fsp3) is 0.438. The first-order valence-corrected chi connectivity index (χ1v) is 8.14. The quantitative estimate of drug-likeness (QED) is 0.422. The number of rotatable bonds is 8. The van der Waals surface area contributed by atoms with Gasteiger partial charge in [-0.2, -0.15) is 0 Å². The molecule has 9 heteroatoms. The van der Waals surface area contributed by atoms with Crippen LogP contribution in [0.5, 0.6) is 0 Å². The molecular formula is C16H21ClFN5O2. The molecule has 0 spiro atoms. The van der Waals surface area contributed by atoms with Crippen molar-refractivity contribution in [3.05, 3.63) is 46.0 Å². The molecule has 0 saturated carbocycles. The van der Waals surface area contributed by atoms with Crippen LogP contribution in [0.25, 0.3) is 0 Å². The number of nitrogens with zero attached hydrogens (tertiary/aromatic N) is 4. The molecule has 0 fully saturated rings. The molecule has 0 radical (unpaired) electrons. The van der Waals surface area contributed by atoms with Gasteiger partial charge in [0.15, 0.2) is 5.69 Å². The van der Waals surface area contributed by atoms with Gasteiger partial charge in [0.05, 0.1) is 5.02 Å². The number of likely N-dealkylation sites (N-methyl/N-ethyl adjacent to an activating group) is 1. The summed E-state index contributed by atoms with van der Waals surface area (Å²) in [5.74, 6) is -0.504. The van der Waals surface area contributed by atoms with Crippen LogP contribution in [0.1, 0.15) is 23.9 Å². The lowest BCUT2D eigenvalue weighted by molar-refractivity contribution is 0.293. The van der Waals surface area contributed by atoms with Gasteiger partial charge in [-0.05, 0) is 43.9 Å². The minimum Gasteiger partial charge on any atom is -0.411 e. The van der Waals surface area contributed by atoms with Crippen LogP contribution in [0, 0.1) is 5.82 Å². The SMILES string of the molecule is CC(CNCc1nonc1C(Cc1ccc(F)c(Cl)c1)=NO)N(C)C. The van der Waals surface area contributed by atoms with Crippen LogP contribution in [0.15, 0.2) is 28.0 Å². The summed E-state index contributed by atoms with van der Waals surface area (Å²) in [6.07, 6.45) is 0.214. The van der Waals surface area contributed by atoms with Gasteiger partial charge in [-0.3, -0.25) is 0 Å². The van der Waals surface area contributed by atoms with E-state index in [1.165, 1.54) is 12.1 Å². The lowest BCUT2D eigenvalue weighted by atomic mass is 10.0. The van der Waals surface area contributed by atoms with Gasteiger partial charge in [0, 0.05) is 25.6 Å². The average molecular weight is 370 g/mol. The normalized spacial score (nSPS) is 13.4. The molecule has 1 aromatic carbocycles. The third-order valence-corrected chi connectivity index (χ3v) is 4.21. The molecule has 0 bridgehead atoms. The Bertz CT molecular complexity index is 735. The highest BCUT2D eigenvalue weighted by atomic mass is 35.5. The molecule has 136 valence electrons. The fourth-order valence-corrected chi connectivity index (χ4v) is 2.34. The third-order valence-electron chi connectivity index (χ3n) is 3.92. The van der Waals surface area contributed by atoms with Gasteiger partial charge in [0.1, 0.15) is 17.2 Å². The van der Waals surface area contributed by atoms with Crippen LogP contribution in [-0.4, -0.2) is 52.8 Å². The molecule has 1 heterocycles. The highest BCUT2D eigenvalue weighted by molar-refractivity contribution is 6.30. The van der Waals surface area contributed by atoms with Gasteiger partial charge < -0.3 is 15.4 Å². The Balaban J connectivity index is 2.06. The number of benzene rings is 1. The van der Waals surface area contributed by atoms with Crippen molar-refractivity contribution in [1.82, 2.24) is 20.5 Å². The standard InChI is InChI=1S/C16H21ClFN5O2/c1-10(23(2)3)8-19-9-15-16(22-25-21-15)14(20-24)7-11-4-5-13(18)12(17)6-11/h4-6,10,19,24H,7-9H2,1-3H3. The molecular weight excluding hydrogens is 349 g/mol. The molecule has 0 amide bonds. The zero-order valence-electron chi connectivity index (χ0n) is 14.3. The van der Waals surface area contributed by atoms with Gasteiger partial charge >= 0.3 is 0 Å². The Labute approximate surface area is 150 Å². The predicted octanol–water partition coefficient (Wildman–Crippen LogP) is 2.32. The lowest BCUT2D eigenvalue weighted by Gasteiger charge is -2.19. The van der Waals surface area contributed by atoms with E-state index in [0.29, 0.717) is 29.5 Å². The molecule has 25 heavy (non-hydrogen) atoms. The molecule has 1 unspecified atom stereocenters. The molecule has 2 N–H and O–H groups in total. The lowest BCUT2D eigenvalue weighted by Crippen LogP contribution is -2.35. The van der Waals surface area contributed by atoms with E-state index in [4.69, 9.17) is 16.2 Å². The molecule has 2 aromatic rings. The number of hydrogen-bond donors (Lipinski definition) is 2. The number of hydrogen-bond acceptors (Lipinski definition) is 7. The Morgan fingerprint density at radius 1 is 1.44 bits per heavy atom. The Morgan fingerprint density at radius 3 is 2.84 bits per heavy atom. The molecule has 1 aromatic heterocycles. The highest BCUT2D eigenvalue weighted by Crippen LogP contribution is 2.18. The van der Waals surface area contributed by atoms with Crippen molar-refractivity contribution in [2.75, 3.05) is 20.6 Å². The van der Waals surface area contributed by atoms with Crippen LogP contribution in [0.4, 0.5) is 4.39 Å². The summed E-state index contributed by atoms with van der Waals surface area (Å²) in [5, 5.41) is 23.6. The minimum absolute atomic E-state index is 0.00707. The number of aromatic nitrogens is 2. The van der Waals surface area contributed by atoms with Crippen molar-refractivity contribution in [1.29, 1.82) is 0 Å². The van der Waals surface area contributed by atoms with Crippen molar-refractivity contribution in [2.24, 2.45) is 5.16 Å². The smallest absolute Gasteiger partial charge is 0.157 e. The van der Waals surface area contributed by atoms with Crippen molar-refractivity contribution < 1.29 is 14.2 Å². The molecule has 1 atom stereocenters. The van der Waals surface area contributed by atoms with E-state index in [0.717, 1.165) is 6.54 Å². The van der Waals surface area contributed by atoms with E-state index in [9.17, 15) is 9.60 Å². The van der Waals surface area contributed by atoms with Crippen molar-refractivity contribution in [3.63, 3.8) is 0 Å². The summed E-state index contributed by atoms with van der Waals surface area (Å²) >= 11 is 5.78. The van der Waals surface area contributed by atoms with Crippen LogP contribution in [0.3, 0.4) is 0 Å². The molecule has 0 aliphatic carbocycles. The first-order chi connectivity index (χ1) is 11.9. The first-order valence-electron chi connectivity index (χ1n) is 7.76. The Hall–Kier alpha value is -2.03. The van der Waals surface area contributed by atoms with E-state index in [1.54, 1.807) is 6.07 Å². The topological polar surface area (TPSA) is 86.8 Å². The molecule has 7 nitrogen and oxygen atoms in total. The summed E-state index contributed by atoms with van der Waals surface area (Å²) in [7, 11) is 4.00. The largest absolute Gasteiger partial charge is 0.411 e. The molecule has 2 rings (SSSR count). The maximum Gasteiger partial charge on any atom is 0.157 e. The van der Waals surface area contributed by atoms with Gasteiger partial charge in [0.2, 0.25) is 0 Å². The van der Waals surface area contributed by atoms with Gasteiger partial charge in [0.25, 0.3) is 0 Å². The van der Waals surface area contributed by atoms with Crippen molar-refractivity contribution >= 4 is 17.3 Å². The van der Waals surface area contributed by atoms with Crippen LogP contribution < -0.4 is 5.32 Å². The molecule has 0 saturated heterocycles. The second-order valence-corrected chi connectivity index (χ2v) is 6.38. The zero-order valence-corrected chi connectivity index (χ0v) is 15.1. The Kier molecular flexibility index (Phi) is 6.86. The molecule has 0 aliphatic rings. The number of oxime groups is 1. The van der Waals surface area contributed by atoms with Crippen LogP contribution in [-0.2, 0) is 13.0 Å². The number of nitrogens with one attached hydrogen (secondary N) is 1. The zero-order chi connectivity index (χ0) is 18.4. The van der Waals surface area contributed by atoms with Gasteiger partial charge in [-0.15, -0.1) is 0 Å². The maximum absolute atomic E-state index is 13.3. The third kappa shape index (κ3) is 5.22. The van der Waals surface area contributed by atoms with Gasteiger partial charge in [-0.1, -0.05) is 28.0 Å². The average Bonchev–Trinajstić information content (AvgIpc) is 3.04. The van der Waals surface area contributed by atoms with Crippen LogP contribution in [0.2, 0.25) is 5.02 Å². The van der Waals surface area contributed by atoms with Crippen molar-refractivity contribution in [3.8, 4) is 0 Å². The summed E-state index contributed by atoms with van der Waals surface area (Å²) in [5.41, 5.74) is 1.84. The van der Waals surface area contributed by atoms with E-state index in [-0.39, 0.29) is 17.2 Å². The minimum atomic E-state index is -0.504. The van der Waals surface area contributed by atoms with Crippen LogP contribution >= 0.6 is 11.6 Å². The molecule has 0 aliphatic heterocycles. The van der Waals surface area contributed by atoms with Gasteiger partial charge in [-0.25, -0.2) is 9.02 Å². The second-order valence-electron chi connectivity index (χ2n) is 5.97. The number of halogens is 2. The Morgan fingerprint density at radius 2 is 2.20 bits per heavy atom. The second kappa shape index (κ2) is 8.89. The first kappa shape index (κ1) is 19.3. The summed E-state index contributed by atoms with van der Waals surface area (Å²) < 4.78 is 18.0. The predicted molar refractivity (Wildman–Crippen MR) is 92.6 cm³/mol. The van der Waals surface area contributed by atoms with E-state index in [1.807, 2.05) is 14.1 Å². The van der Waals surface area contributed by atoms with E-state index < -0.39 is 5.82 Å². The maximum atomic E-state index is 13.3. The summed E-state index contributed by atoms with van der Waals surface area (Å²) in [4.78, 5) is 2.09. The monoisotopic (exact) mass is 369 g/mol. The highest BCUT2D eigenvalue weighted by Gasteiger charge is 2.18. The fourth-order valence-electron chi connectivity index (χ4n) is 2.13. The summed E-state index contributed by atoms with van der Waals surface area (Å²) in [6, 6.07) is 4.65. The summed E-state index contributed by atoms with van der Waals surface area (Å²) in [6.45, 7) is 3.26. The van der Waals surface area contributed by atoms with Crippen molar-refractivity contribution in [2.45, 2.75) is 25.9 Å². The van der Waals surface area contributed by atoms with E-state index in [2.05, 4.69) is 32.6 Å².